The summed E-state index contributed by atoms with van der Waals surface area (Å²) in [7, 11) is 0. The van der Waals surface area contributed by atoms with Gasteiger partial charge in [-0.15, -0.1) is 0 Å². The van der Waals surface area contributed by atoms with E-state index in [-0.39, 0.29) is 10.6 Å². The van der Waals surface area contributed by atoms with E-state index in [0.29, 0.717) is 18.4 Å². The van der Waals surface area contributed by atoms with Gasteiger partial charge in [-0.2, -0.15) is 0 Å². The van der Waals surface area contributed by atoms with Crippen LogP contribution in [0.5, 0.6) is 0 Å². The molecule has 1 saturated carbocycles. The van der Waals surface area contributed by atoms with Crippen LogP contribution in [0, 0.1) is 10.1 Å². The zero-order valence-corrected chi connectivity index (χ0v) is 12.6. The lowest BCUT2D eigenvalue weighted by molar-refractivity contribution is -0.384. The molecule has 0 aromatic heterocycles. The zero-order chi connectivity index (χ0) is 15.1. The lowest BCUT2D eigenvalue weighted by atomic mass is 9.98. The molecule has 116 valence electrons. The summed E-state index contributed by atoms with van der Waals surface area (Å²) in [6, 6.07) is 5.19. The predicted molar refractivity (Wildman–Crippen MR) is 83.5 cm³/mol. The summed E-state index contributed by atoms with van der Waals surface area (Å²) >= 11 is 0. The van der Waals surface area contributed by atoms with Gasteiger partial charge in [-0.3, -0.25) is 10.1 Å². The average molecular weight is 292 g/mol. The quantitative estimate of drug-likeness (QED) is 0.602. The molecule has 0 aliphatic heterocycles. The van der Waals surface area contributed by atoms with Crippen LogP contribution in [0.25, 0.3) is 0 Å². The molecule has 1 N–H and O–H groups in total. The SMILES string of the molecule is CCCNc1c(COC2CCCCC2)cccc1[N+](=O)[O-]. The number of nitrogens with one attached hydrogen (secondary N) is 1. The number of nitro groups is 1. The number of hydrogen-bond acceptors (Lipinski definition) is 4. The largest absolute Gasteiger partial charge is 0.379 e. The Balaban J connectivity index is 2.08. The van der Waals surface area contributed by atoms with Gasteiger partial charge in [0.2, 0.25) is 0 Å². The molecule has 21 heavy (non-hydrogen) atoms. The molecule has 5 nitrogen and oxygen atoms in total. The van der Waals surface area contributed by atoms with E-state index in [9.17, 15) is 10.1 Å². The molecule has 0 saturated heterocycles. The molecule has 1 aromatic rings. The van der Waals surface area contributed by atoms with Crippen molar-refractivity contribution in [2.75, 3.05) is 11.9 Å². The van der Waals surface area contributed by atoms with Crippen molar-refractivity contribution in [3.05, 3.63) is 33.9 Å². The molecule has 0 heterocycles. The molecule has 5 heteroatoms. The molecule has 0 spiro atoms. The second kappa shape index (κ2) is 7.98. The summed E-state index contributed by atoms with van der Waals surface area (Å²) in [5.41, 5.74) is 1.62. The lowest BCUT2D eigenvalue weighted by Crippen LogP contribution is -2.17. The normalized spacial score (nSPS) is 15.9. The Kier molecular flexibility index (Phi) is 5.99. The zero-order valence-electron chi connectivity index (χ0n) is 12.6. The first-order valence-electron chi connectivity index (χ1n) is 7.84. The summed E-state index contributed by atoms with van der Waals surface area (Å²) in [6.07, 6.45) is 7.17. The molecule has 1 aliphatic rings. The minimum absolute atomic E-state index is 0.133. The van der Waals surface area contributed by atoms with Gasteiger partial charge in [0.15, 0.2) is 0 Å². The van der Waals surface area contributed by atoms with Gasteiger partial charge < -0.3 is 10.1 Å². The summed E-state index contributed by atoms with van der Waals surface area (Å²) in [5.74, 6) is 0. The molecular formula is C16H24N2O3. The number of anilines is 1. The van der Waals surface area contributed by atoms with E-state index in [1.807, 2.05) is 13.0 Å². The van der Waals surface area contributed by atoms with Crippen molar-refractivity contribution >= 4 is 11.4 Å². The topological polar surface area (TPSA) is 64.4 Å². The van der Waals surface area contributed by atoms with Gasteiger partial charge in [0.25, 0.3) is 5.69 Å². The van der Waals surface area contributed by atoms with Gasteiger partial charge in [0.1, 0.15) is 5.69 Å². The smallest absolute Gasteiger partial charge is 0.292 e. The Morgan fingerprint density at radius 2 is 2.10 bits per heavy atom. The summed E-state index contributed by atoms with van der Waals surface area (Å²) in [6.45, 7) is 3.21. The van der Waals surface area contributed by atoms with Crippen LogP contribution >= 0.6 is 0 Å². The highest BCUT2D eigenvalue weighted by Gasteiger charge is 2.19. The second-order valence-corrected chi connectivity index (χ2v) is 5.57. The van der Waals surface area contributed by atoms with E-state index in [0.717, 1.165) is 31.4 Å². The van der Waals surface area contributed by atoms with Crippen molar-refractivity contribution in [2.24, 2.45) is 0 Å². The van der Waals surface area contributed by atoms with Crippen LogP contribution in [0.2, 0.25) is 0 Å². The maximum atomic E-state index is 11.2. The van der Waals surface area contributed by atoms with Gasteiger partial charge in [-0.25, -0.2) is 0 Å². The third-order valence-electron chi connectivity index (χ3n) is 3.90. The van der Waals surface area contributed by atoms with Crippen LogP contribution in [0.1, 0.15) is 51.0 Å². The van der Waals surface area contributed by atoms with Crippen molar-refractivity contribution in [1.29, 1.82) is 0 Å². The summed E-state index contributed by atoms with van der Waals surface area (Å²) < 4.78 is 5.96. The van der Waals surface area contributed by atoms with Gasteiger partial charge in [-0.1, -0.05) is 38.3 Å². The highest BCUT2D eigenvalue weighted by Crippen LogP contribution is 2.30. The number of nitrogens with zero attached hydrogens (tertiary/aromatic N) is 1. The molecule has 0 bridgehead atoms. The predicted octanol–water partition coefficient (Wildman–Crippen LogP) is 4.27. The fourth-order valence-corrected chi connectivity index (χ4v) is 2.75. The van der Waals surface area contributed by atoms with Crippen molar-refractivity contribution in [2.45, 2.75) is 58.2 Å². The molecule has 0 atom stereocenters. The number of hydrogen-bond donors (Lipinski definition) is 1. The number of benzene rings is 1. The van der Waals surface area contributed by atoms with Crippen LogP contribution in [0.4, 0.5) is 11.4 Å². The first kappa shape index (κ1) is 15.8. The van der Waals surface area contributed by atoms with Crippen LogP contribution < -0.4 is 5.32 Å². The highest BCUT2D eigenvalue weighted by atomic mass is 16.6. The molecule has 0 unspecified atom stereocenters. The van der Waals surface area contributed by atoms with Gasteiger partial charge >= 0.3 is 0 Å². The molecule has 0 radical (unpaired) electrons. The monoisotopic (exact) mass is 292 g/mol. The molecule has 1 fully saturated rings. The third kappa shape index (κ3) is 4.43. The first-order chi connectivity index (χ1) is 10.2. The number of para-hydroxylation sites is 1. The van der Waals surface area contributed by atoms with Crippen molar-refractivity contribution in [1.82, 2.24) is 0 Å². The van der Waals surface area contributed by atoms with Gasteiger partial charge in [-0.05, 0) is 19.3 Å². The molecule has 2 rings (SSSR count). The van der Waals surface area contributed by atoms with E-state index >= 15 is 0 Å². The summed E-state index contributed by atoms with van der Waals surface area (Å²) in [4.78, 5) is 10.8. The van der Waals surface area contributed by atoms with Gasteiger partial charge in [0, 0.05) is 18.2 Å². The number of rotatable bonds is 7. The fraction of sp³-hybridized carbons (Fsp3) is 0.625. The van der Waals surface area contributed by atoms with E-state index in [4.69, 9.17) is 4.74 Å². The average Bonchev–Trinajstić information content (AvgIpc) is 2.52. The number of nitro benzene ring substituents is 1. The highest BCUT2D eigenvalue weighted by molar-refractivity contribution is 5.66. The molecule has 0 amide bonds. The Morgan fingerprint density at radius 3 is 2.76 bits per heavy atom. The van der Waals surface area contributed by atoms with E-state index in [1.165, 1.54) is 19.3 Å². The lowest BCUT2D eigenvalue weighted by Gasteiger charge is -2.22. The van der Waals surface area contributed by atoms with Crippen LogP contribution in [0.15, 0.2) is 18.2 Å². The standard InChI is InChI=1S/C16H24N2O3/c1-2-11-17-16-13(7-6-10-15(16)18(19)20)12-21-14-8-4-3-5-9-14/h6-7,10,14,17H,2-5,8-9,11-12H2,1H3. The minimum Gasteiger partial charge on any atom is -0.379 e. The van der Waals surface area contributed by atoms with E-state index < -0.39 is 0 Å². The van der Waals surface area contributed by atoms with Crippen molar-refractivity contribution < 1.29 is 9.66 Å². The minimum atomic E-state index is -0.331. The van der Waals surface area contributed by atoms with Gasteiger partial charge in [0.05, 0.1) is 17.6 Å². The first-order valence-corrected chi connectivity index (χ1v) is 7.84. The third-order valence-corrected chi connectivity index (χ3v) is 3.90. The Bertz CT molecular complexity index is 471. The van der Waals surface area contributed by atoms with E-state index in [2.05, 4.69) is 5.32 Å². The Morgan fingerprint density at radius 1 is 1.33 bits per heavy atom. The molecule has 1 aliphatic carbocycles. The maximum Gasteiger partial charge on any atom is 0.292 e. The fourth-order valence-electron chi connectivity index (χ4n) is 2.75. The maximum absolute atomic E-state index is 11.2. The number of ether oxygens (including phenoxy) is 1. The molecular weight excluding hydrogens is 268 g/mol. The Hall–Kier alpha value is -1.62. The van der Waals surface area contributed by atoms with Crippen molar-refractivity contribution in [3.8, 4) is 0 Å². The van der Waals surface area contributed by atoms with Crippen LogP contribution in [-0.2, 0) is 11.3 Å². The van der Waals surface area contributed by atoms with E-state index in [1.54, 1.807) is 12.1 Å². The van der Waals surface area contributed by atoms with Crippen LogP contribution in [0.3, 0.4) is 0 Å². The van der Waals surface area contributed by atoms with Crippen molar-refractivity contribution in [3.63, 3.8) is 0 Å². The Labute approximate surface area is 125 Å². The second-order valence-electron chi connectivity index (χ2n) is 5.57. The van der Waals surface area contributed by atoms with Crippen LogP contribution in [-0.4, -0.2) is 17.6 Å². The summed E-state index contributed by atoms with van der Waals surface area (Å²) in [5, 5.41) is 14.3. The molecule has 1 aromatic carbocycles.